The van der Waals surface area contributed by atoms with E-state index in [1.54, 1.807) is 18.2 Å². The largest absolute Gasteiger partial charge is 0.465 e. The number of Topliss-reactive ketones (excluding diaryl/α,β-unsaturated/α-hetero) is 1. The zero-order chi connectivity index (χ0) is 13.3. The minimum absolute atomic E-state index is 0.0643. The highest BCUT2D eigenvalue weighted by Crippen LogP contribution is 2.30. The van der Waals surface area contributed by atoms with Gasteiger partial charge in [-0.2, -0.15) is 0 Å². The molecule has 94 valence electrons. The summed E-state index contributed by atoms with van der Waals surface area (Å²) >= 11 is 3.29. The summed E-state index contributed by atoms with van der Waals surface area (Å²) in [7, 11) is 1.30. The Morgan fingerprint density at radius 1 is 1.39 bits per heavy atom. The standard InChI is InChI=1S/C12H10BrNO4/c1-18-12(17)7-2-3-10(9(13)4-7)14-6-8(15)5-11(14)16/h2-4H,5-6H2,1H3. The first-order valence-corrected chi connectivity index (χ1v) is 6.02. The lowest BCUT2D eigenvalue weighted by Crippen LogP contribution is -2.25. The number of halogens is 1. The van der Waals surface area contributed by atoms with Crippen molar-refractivity contribution in [3.63, 3.8) is 0 Å². The van der Waals surface area contributed by atoms with Gasteiger partial charge in [-0.1, -0.05) is 0 Å². The lowest BCUT2D eigenvalue weighted by atomic mass is 10.2. The van der Waals surface area contributed by atoms with Crippen molar-refractivity contribution in [1.82, 2.24) is 0 Å². The van der Waals surface area contributed by atoms with Crippen LogP contribution in [0.15, 0.2) is 22.7 Å². The normalized spacial score (nSPS) is 15.1. The SMILES string of the molecule is COC(=O)c1ccc(N2CC(=O)CC2=O)c(Br)c1. The molecule has 0 unspecified atom stereocenters. The number of ketones is 1. The number of amides is 1. The third kappa shape index (κ3) is 2.28. The van der Waals surface area contributed by atoms with Crippen LogP contribution in [0.4, 0.5) is 5.69 Å². The zero-order valence-electron chi connectivity index (χ0n) is 9.60. The van der Waals surface area contributed by atoms with Gasteiger partial charge in [0.25, 0.3) is 0 Å². The van der Waals surface area contributed by atoms with Gasteiger partial charge in [0.05, 0.1) is 31.3 Å². The fourth-order valence-corrected chi connectivity index (χ4v) is 2.37. The predicted octanol–water partition coefficient (Wildman–Crippen LogP) is 1.54. The van der Waals surface area contributed by atoms with Gasteiger partial charge in [-0.15, -0.1) is 0 Å². The van der Waals surface area contributed by atoms with Crippen LogP contribution in [-0.4, -0.2) is 31.3 Å². The van der Waals surface area contributed by atoms with E-state index in [-0.39, 0.29) is 24.7 Å². The quantitative estimate of drug-likeness (QED) is 0.614. The van der Waals surface area contributed by atoms with Crippen LogP contribution in [0.1, 0.15) is 16.8 Å². The van der Waals surface area contributed by atoms with Crippen molar-refractivity contribution in [2.75, 3.05) is 18.6 Å². The molecule has 1 aromatic rings. The molecule has 18 heavy (non-hydrogen) atoms. The van der Waals surface area contributed by atoms with Crippen LogP contribution in [-0.2, 0) is 14.3 Å². The molecule has 1 amide bonds. The lowest BCUT2D eigenvalue weighted by molar-refractivity contribution is -0.121. The Kier molecular flexibility index (Phi) is 3.47. The van der Waals surface area contributed by atoms with Gasteiger partial charge in [-0.3, -0.25) is 9.59 Å². The summed E-state index contributed by atoms with van der Waals surface area (Å²) in [6, 6.07) is 4.74. The fraction of sp³-hybridized carbons (Fsp3) is 0.250. The van der Waals surface area contributed by atoms with Gasteiger partial charge in [0, 0.05) is 4.47 Å². The summed E-state index contributed by atoms with van der Waals surface area (Å²) in [4.78, 5) is 35.6. The van der Waals surface area contributed by atoms with Gasteiger partial charge in [-0.05, 0) is 34.1 Å². The second kappa shape index (κ2) is 4.89. The Morgan fingerprint density at radius 2 is 2.11 bits per heavy atom. The smallest absolute Gasteiger partial charge is 0.337 e. The van der Waals surface area contributed by atoms with Gasteiger partial charge >= 0.3 is 5.97 Å². The average molecular weight is 312 g/mol. The summed E-state index contributed by atoms with van der Waals surface area (Å²) in [6.07, 6.45) is -0.0643. The van der Waals surface area contributed by atoms with Crippen LogP contribution in [0.2, 0.25) is 0 Å². The van der Waals surface area contributed by atoms with E-state index < -0.39 is 5.97 Å². The Hall–Kier alpha value is -1.69. The van der Waals surface area contributed by atoms with Gasteiger partial charge in [0.2, 0.25) is 5.91 Å². The number of hydrogen-bond acceptors (Lipinski definition) is 4. The van der Waals surface area contributed by atoms with Crippen molar-refractivity contribution in [2.45, 2.75) is 6.42 Å². The Balaban J connectivity index is 2.33. The number of ether oxygens (including phenoxy) is 1. The van der Waals surface area contributed by atoms with E-state index in [1.165, 1.54) is 12.0 Å². The maximum absolute atomic E-state index is 11.6. The molecule has 6 heteroatoms. The molecule has 0 saturated carbocycles. The number of anilines is 1. The molecule has 1 saturated heterocycles. The predicted molar refractivity (Wildman–Crippen MR) is 67.5 cm³/mol. The summed E-state index contributed by atoms with van der Waals surface area (Å²) < 4.78 is 5.18. The summed E-state index contributed by atoms with van der Waals surface area (Å²) in [6.45, 7) is 0.0784. The first-order chi connectivity index (χ1) is 8.52. The first-order valence-electron chi connectivity index (χ1n) is 5.23. The van der Waals surface area contributed by atoms with Crippen LogP contribution in [0.5, 0.6) is 0 Å². The molecule has 1 fully saturated rings. The van der Waals surface area contributed by atoms with Crippen LogP contribution >= 0.6 is 15.9 Å². The van der Waals surface area contributed by atoms with Crippen molar-refractivity contribution in [3.05, 3.63) is 28.2 Å². The molecule has 0 atom stereocenters. The van der Waals surface area contributed by atoms with E-state index in [1.807, 2.05) is 0 Å². The molecule has 0 aromatic heterocycles. The van der Waals surface area contributed by atoms with E-state index in [0.717, 1.165) is 0 Å². The molecule has 2 rings (SSSR count). The van der Waals surface area contributed by atoms with E-state index >= 15 is 0 Å². The molecule has 0 N–H and O–H groups in total. The van der Waals surface area contributed by atoms with Gasteiger partial charge in [-0.25, -0.2) is 4.79 Å². The number of rotatable bonds is 2. The van der Waals surface area contributed by atoms with Crippen molar-refractivity contribution in [3.8, 4) is 0 Å². The highest BCUT2D eigenvalue weighted by atomic mass is 79.9. The van der Waals surface area contributed by atoms with Crippen LogP contribution in [0.25, 0.3) is 0 Å². The summed E-state index contributed by atoms with van der Waals surface area (Å²) in [5.74, 6) is -0.790. The van der Waals surface area contributed by atoms with E-state index in [9.17, 15) is 14.4 Å². The fourth-order valence-electron chi connectivity index (χ4n) is 1.77. The highest BCUT2D eigenvalue weighted by Gasteiger charge is 2.29. The van der Waals surface area contributed by atoms with Crippen molar-refractivity contribution >= 4 is 39.3 Å². The molecule has 0 radical (unpaired) electrons. The number of nitrogens with zero attached hydrogens (tertiary/aromatic N) is 1. The van der Waals surface area contributed by atoms with Crippen molar-refractivity contribution in [2.24, 2.45) is 0 Å². The molecule has 1 aliphatic heterocycles. The molecule has 0 spiro atoms. The summed E-state index contributed by atoms with van der Waals surface area (Å²) in [5, 5.41) is 0. The average Bonchev–Trinajstić information content (AvgIpc) is 2.67. The number of hydrogen-bond donors (Lipinski definition) is 0. The summed E-state index contributed by atoms with van der Waals surface area (Å²) in [5.41, 5.74) is 0.963. The maximum Gasteiger partial charge on any atom is 0.337 e. The Bertz CT molecular complexity index is 541. The Labute approximate surface area is 112 Å². The second-order valence-electron chi connectivity index (χ2n) is 3.85. The molecule has 1 heterocycles. The van der Waals surface area contributed by atoms with Crippen LogP contribution < -0.4 is 4.90 Å². The van der Waals surface area contributed by atoms with Crippen molar-refractivity contribution in [1.29, 1.82) is 0 Å². The van der Waals surface area contributed by atoms with E-state index in [4.69, 9.17) is 0 Å². The second-order valence-corrected chi connectivity index (χ2v) is 4.71. The van der Waals surface area contributed by atoms with Gasteiger partial charge in [0.15, 0.2) is 5.78 Å². The number of methoxy groups -OCH3 is 1. The van der Waals surface area contributed by atoms with E-state index in [0.29, 0.717) is 15.7 Å². The third-order valence-corrected chi connectivity index (χ3v) is 3.28. The maximum atomic E-state index is 11.6. The monoisotopic (exact) mass is 311 g/mol. The molecular weight excluding hydrogens is 302 g/mol. The molecule has 1 aliphatic rings. The Morgan fingerprint density at radius 3 is 2.61 bits per heavy atom. The topological polar surface area (TPSA) is 63.7 Å². The molecule has 0 aliphatic carbocycles. The van der Waals surface area contributed by atoms with Crippen molar-refractivity contribution < 1.29 is 19.1 Å². The number of carbonyl (C=O) groups is 3. The molecule has 1 aromatic carbocycles. The number of carbonyl (C=O) groups excluding carboxylic acids is 3. The molecule has 0 bridgehead atoms. The third-order valence-electron chi connectivity index (χ3n) is 2.64. The minimum Gasteiger partial charge on any atom is -0.465 e. The minimum atomic E-state index is -0.453. The van der Waals surface area contributed by atoms with E-state index in [2.05, 4.69) is 20.7 Å². The first kappa shape index (κ1) is 12.8. The van der Waals surface area contributed by atoms with Gasteiger partial charge in [0.1, 0.15) is 0 Å². The molecular formula is C12H10BrNO4. The van der Waals surface area contributed by atoms with Crippen LogP contribution in [0, 0.1) is 0 Å². The van der Waals surface area contributed by atoms with Crippen LogP contribution in [0.3, 0.4) is 0 Å². The lowest BCUT2D eigenvalue weighted by Gasteiger charge is -2.16. The molecule has 5 nitrogen and oxygen atoms in total. The number of benzene rings is 1. The van der Waals surface area contributed by atoms with Gasteiger partial charge < -0.3 is 9.64 Å². The number of esters is 1. The highest BCUT2D eigenvalue weighted by molar-refractivity contribution is 9.10. The zero-order valence-corrected chi connectivity index (χ0v) is 11.2.